The Bertz CT molecular complexity index is 465. The molecule has 4 nitrogen and oxygen atoms in total. The molecule has 0 aromatic heterocycles. The van der Waals surface area contributed by atoms with Crippen LogP contribution < -0.4 is 5.32 Å². The lowest BCUT2D eigenvalue weighted by Crippen LogP contribution is -2.50. The summed E-state index contributed by atoms with van der Waals surface area (Å²) in [6.07, 6.45) is 5.52. The Labute approximate surface area is 135 Å². The summed E-state index contributed by atoms with van der Waals surface area (Å²) >= 11 is 0. The number of nitrogens with zero attached hydrogens (tertiary/aromatic N) is 3. The van der Waals surface area contributed by atoms with E-state index >= 15 is 0 Å². The van der Waals surface area contributed by atoms with E-state index in [2.05, 4.69) is 42.4 Å². The van der Waals surface area contributed by atoms with Gasteiger partial charge < -0.3 is 4.90 Å². The Morgan fingerprint density at radius 2 is 2.05 bits per heavy atom. The molecule has 1 aliphatic heterocycles. The Morgan fingerprint density at radius 1 is 1.36 bits per heavy atom. The number of hydrogen-bond donors (Lipinski definition) is 1. The molecule has 1 saturated carbocycles. The molecular formula is C18H30N4. The topological polar surface area (TPSA) is 40.0 Å². The molecule has 2 aliphatic rings. The number of rotatable bonds is 7. The van der Waals surface area contributed by atoms with Crippen LogP contribution in [0, 0.1) is 11.8 Å². The molecular weight excluding hydrogens is 272 g/mol. The molecule has 0 spiro atoms. The molecule has 122 valence electrons. The standard InChI is InChI=1S/C18H30N4/c1-6-15-10-22(11-15)18(17(7-2)14(4)19-5)21-12-20-16-8-13(3)9-16/h6,13,15-16,20H,1,5,7-12H2,2-4H3/b17-14-,21-18+. The fourth-order valence-electron chi connectivity index (χ4n) is 3.21. The minimum Gasteiger partial charge on any atom is -0.355 e. The van der Waals surface area contributed by atoms with Crippen LogP contribution in [0.1, 0.15) is 40.0 Å². The molecule has 0 aromatic carbocycles. The predicted octanol–water partition coefficient (Wildman–Crippen LogP) is 3.23. The number of amidine groups is 1. The number of hydrogen-bond acceptors (Lipinski definition) is 3. The van der Waals surface area contributed by atoms with E-state index in [-0.39, 0.29) is 0 Å². The summed E-state index contributed by atoms with van der Waals surface area (Å²) in [4.78, 5) is 11.3. The van der Waals surface area contributed by atoms with E-state index in [0.717, 1.165) is 37.0 Å². The highest BCUT2D eigenvalue weighted by Gasteiger charge is 2.29. The van der Waals surface area contributed by atoms with Crippen molar-refractivity contribution < 1.29 is 0 Å². The van der Waals surface area contributed by atoms with Crippen molar-refractivity contribution in [1.82, 2.24) is 10.2 Å². The number of likely N-dealkylation sites (tertiary alicyclic amines) is 1. The van der Waals surface area contributed by atoms with Crippen molar-refractivity contribution in [3.63, 3.8) is 0 Å². The van der Waals surface area contributed by atoms with Crippen molar-refractivity contribution in [2.24, 2.45) is 21.8 Å². The van der Waals surface area contributed by atoms with Crippen LogP contribution >= 0.6 is 0 Å². The minimum atomic E-state index is 0.584. The molecule has 2 fully saturated rings. The van der Waals surface area contributed by atoms with Gasteiger partial charge in [-0.3, -0.25) is 15.3 Å². The van der Waals surface area contributed by atoms with Gasteiger partial charge in [-0.2, -0.15) is 0 Å². The molecule has 2 rings (SSSR count). The fraction of sp³-hybridized carbons (Fsp3) is 0.667. The van der Waals surface area contributed by atoms with E-state index in [1.54, 1.807) is 0 Å². The summed E-state index contributed by atoms with van der Waals surface area (Å²) < 4.78 is 0. The van der Waals surface area contributed by atoms with Crippen molar-refractivity contribution in [2.45, 2.75) is 46.1 Å². The first kappa shape index (κ1) is 16.9. The average Bonchev–Trinajstić information content (AvgIpc) is 2.44. The summed E-state index contributed by atoms with van der Waals surface area (Å²) in [5, 5.41) is 3.54. The molecule has 1 heterocycles. The maximum atomic E-state index is 4.85. The van der Waals surface area contributed by atoms with Crippen molar-refractivity contribution in [3.8, 4) is 0 Å². The first-order valence-corrected chi connectivity index (χ1v) is 8.41. The molecule has 0 amide bonds. The average molecular weight is 302 g/mol. The second kappa shape index (κ2) is 7.73. The lowest BCUT2D eigenvalue weighted by atomic mass is 9.82. The molecule has 1 saturated heterocycles. The van der Waals surface area contributed by atoms with Gasteiger partial charge >= 0.3 is 0 Å². The molecule has 0 radical (unpaired) electrons. The van der Waals surface area contributed by atoms with Gasteiger partial charge in [0.1, 0.15) is 5.84 Å². The summed E-state index contributed by atoms with van der Waals surface area (Å²) in [6.45, 7) is 16.8. The molecule has 1 N–H and O–H groups in total. The van der Waals surface area contributed by atoms with Gasteiger partial charge in [0.25, 0.3) is 0 Å². The highest BCUT2D eigenvalue weighted by atomic mass is 15.3. The zero-order chi connectivity index (χ0) is 16.1. The lowest BCUT2D eigenvalue weighted by molar-refractivity contribution is 0.226. The van der Waals surface area contributed by atoms with Gasteiger partial charge in [-0.25, -0.2) is 0 Å². The molecule has 22 heavy (non-hydrogen) atoms. The zero-order valence-corrected chi connectivity index (χ0v) is 14.3. The zero-order valence-electron chi connectivity index (χ0n) is 14.3. The molecule has 0 atom stereocenters. The van der Waals surface area contributed by atoms with Gasteiger partial charge in [-0.15, -0.1) is 6.58 Å². The highest BCUT2D eigenvalue weighted by Crippen LogP contribution is 2.26. The Morgan fingerprint density at radius 3 is 2.55 bits per heavy atom. The summed E-state index contributed by atoms with van der Waals surface area (Å²) in [5.74, 6) is 2.54. The van der Waals surface area contributed by atoms with Crippen LogP contribution in [0.15, 0.2) is 33.9 Å². The van der Waals surface area contributed by atoms with Crippen LogP contribution in [0.3, 0.4) is 0 Å². The Hall–Kier alpha value is -1.42. The van der Waals surface area contributed by atoms with Crippen LogP contribution in [0.4, 0.5) is 0 Å². The molecule has 0 bridgehead atoms. The molecule has 1 aliphatic carbocycles. The molecule has 0 unspecified atom stereocenters. The van der Waals surface area contributed by atoms with E-state index in [0.29, 0.717) is 18.6 Å². The lowest BCUT2D eigenvalue weighted by Gasteiger charge is -2.41. The third kappa shape index (κ3) is 3.86. The second-order valence-electron chi connectivity index (χ2n) is 6.59. The van der Waals surface area contributed by atoms with Crippen molar-refractivity contribution in [3.05, 3.63) is 23.9 Å². The summed E-state index contributed by atoms with van der Waals surface area (Å²) in [5.41, 5.74) is 2.20. The van der Waals surface area contributed by atoms with E-state index < -0.39 is 0 Å². The number of allylic oxidation sites excluding steroid dienone is 1. The third-order valence-electron chi connectivity index (χ3n) is 4.82. The van der Waals surface area contributed by atoms with Crippen LogP contribution in [0.5, 0.6) is 0 Å². The van der Waals surface area contributed by atoms with Gasteiger partial charge in [-0.05, 0) is 38.8 Å². The van der Waals surface area contributed by atoms with Crippen LogP contribution in [-0.4, -0.2) is 43.3 Å². The number of aliphatic imine (C=N–C) groups is 2. The van der Waals surface area contributed by atoms with Gasteiger partial charge in [-0.1, -0.05) is 19.9 Å². The summed E-state index contributed by atoms with van der Waals surface area (Å²) in [7, 11) is 0. The minimum absolute atomic E-state index is 0.584. The van der Waals surface area contributed by atoms with Crippen LogP contribution in [-0.2, 0) is 0 Å². The second-order valence-corrected chi connectivity index (χ2v) is 6.59. The highest BCUT2D eigenvalue weighted by molar-refractivity contribution is 5.99. The van der Waals surface area contributed by atoms with Gasteiger partial charge in [0, 0.05) is 36.3 Å². The van der Waals surface area contributed by atoms with E-state index in [1.807, 2.05) is 13.0 Å². The number of nitrogens with one attached hydrogen (secondary N) is 1. The molecule has 0 aromatic rings. The maximum Gasteiger partial charge on any atom is 0.129 e. The van der Waals surface area contributed by atoms with Crippen LogP contribution in [0.2, 0.25) is 0 Å². The SMILES string of the molecule is C=CC1CN(C(=N/CNC2CC(C)C2)/C(CC)=C(/C)N=C)C1. The normalized spacial score (nSPS) is 26.9. The first-order chi connectivity index (χ1) is 10.6. The first-order valence-electron chi connectivity index (χ1n) is 8.41. The summed E-state index contributed by atoms with van der Waals surface area (Å²) in [6, 6.07) is 0.644. The van der Waals surface area contributed by atoms with Gasteiger partial charge in [0.05, 0.1) is 6.67 Å². The quantitative estimate of drug-likeness (QED) is 0.445. The third-order valence-corrected chi connectivity index (χ3v) is 4.82. The van der Waals surface area contributed by atoms with E-state index in [4.69, 9.17) is 4.99 Å². The van der Waals surface area contributed by atoms with Crippen molar-refractivity contribution in [1.29, 1.82) is 0 Å². The Kier molecular flexibility index (Phi) is 5.95. The fourth-order valence-corrected chi connectivity index (χ4v) is 3.21. The van der Waals surface area contributed by atoms with Gasteiger partial charge in [0.15, 0.2) is 0 Å². The monoisotopic (exact) mass is 302 g/mol. The van der Waals surface area contributed by atoms with Crippen molar-refractivity contribution >= 4 is 12.6 Å². The van der Waals surface area contributed by atoms with Crippen molar-refractivity contribution in [2.75, 3.05) is 19.8 Å². The smallest absolute Gasteiger partial charge is 0.129 e. The van der Waals surface area contributed by atoms with E-state index in [1.165, 1.54) is 18.4 Å². The van der Waals surface area contributed by atoms with Crippen LogP contribution in [0.25, 0.3) is 0 Å². The van der Waals surface area contributed by atoms with Gasteiger partial charge in [0.2, 0.25) is 0 Å². The molecule has 4 heteroatoms. The van der Waals surface area contributed by atoms with E-state index in [9.17, 15) is 0 Å². The largest absolute Gasteiger partial charge is 0.355 e. The predicted molar refractivity (Wildman–Crippen MR) is 95.4 cm³/mol. The Balaban J connectivity index is 2.04. The maximum absolute atomic E-state index is 4.85.